The van der Waals surface area contributed by atoms with Crippen molar-refractivity contribution in [3.8, 4) is 11.5 Å². The molecule has 0 saturated heterocycles. The average Bonchev–Trinajstić information content (AvgIpc) is 2.27. The first-order valence-corrected chi connectivity index (χ1v) is 4.70. The molecule has 1 aromatic rings. The Morgan fingerprint density at radius 1 is 1.44 bits per heavy atom. The summed E-state index contributed by atoms with van der Waals surface area (Å²) in [5.41, 5.74) is 0.480. The van der Waals surface area contributed by atoms with Crippen LogP contribution in [0.5, 0.6) is 11.5 Å². The third kappa shape index (κ3) is 2.64. The van der Waals surface area contributed by atoms with Crippen molar-refractivity contribution in [1.29, 1.82) is 0 Å². The van der Waals surface area contributed by atoms with Crippen LogP contribution in [0.4, 0.5) is 0 Å². The van der Waals surface area contributed by atoms with Gasteiger partial charge in [-0.2, -0.15) is 0 Å². The van der Waals surface area contributed by atoms with Crippen molar-refractivity contribution in [2.75, 3.05) is 14.2 Å². The van der Waals surface area contributed by atoms with E-state index in [1.807, 2.05) is 0 Å². The van der Waals surface area contributed by atoms with E-state index >= 15 is 0 Å². The van der Waals surface area contributed by atoms with Gasteiger partial charge >= 0.3 is 5.97 Å². The summed E-state index contributed by atoms with van der Waals surface area (Å²) in [6.07, 6.45) is -0.882. The zero-order valence-electron chi connectivity index (χ0n) is 9.14. The Balaban J connectivity index is 2.92. The number of phenols is 1. The van der Waals surface area contributed by atoms with Crippen LogP contribution in [-0.2, 0) is 16.0 Å². The van der Waals surface area contributed by atoms with E-state index in [-0.39, 0.29) is 12.2 Å². The Bertz CT molecular complexity index is 375. The highest BCUT2D eigenvalue weighted by atomic mass is 16.5. The zero-order chi connectivity index (χ0) is 12.1. The molecule has 0 aliphatic heterocycles. The Labute approximate surface area is 93.2 Å². The highest BCUT2D eigenvalue weighted by Gasteiger charge is 2.19. The quantitative estimate of drug-likeness (QED) is 0.784. The normalized spacial score (nSPS) is 12.1. The molecule has 0 aliphatic rings. The van der Waals surface area contributed by atoms with Crippen molar-refractivity contribution in [1.82, 2.24) is 0 Å². The van der Waals surface area contributed by atoms with Gasteiger partial charge in [-0.15, -0.1) is 0 Å². The lowest BCUT2D eigenvalue weighted by atomic mass is 10.1. The number of rotatable bonds is 5. The summed E-state index contributed by atoms with van der Waals surface area (Å²) in [6.45, 7) is 0. The molecule has 0 aliphatic carbocycles. The van der Waals surface area contributed by atoms with E-state index in [0.717, 1.165) is 0 Å². The second-order valence-electron chi connectivity index (χ2n) is 3.23. The molecule has 0 fully saturated rings. The van der Waals surface area contributed by atoms with Crippen LogP contribution < -0.4 is 4.74 Å². The lowest BCUT2D eigenvalue weighted by Crippen LogP contribution is -2.24. The summed E-state index contributed by atoms with van der Waals surface area (Å²) in [7, 11) is 2.75. The number of methoxy groups -OCH3 is 2. The maximum absolute atomic E-state index is 10.8. The van der Waals surface area contributed by atoms with Gasteiger partial charge in [-0.1, -0.05) is 12.1 Å². The molecule has 0 bridgehead atoms. The van der Waals surface area contributed by atoms with Crippen molar-refractivity contribution in [2.45, 2.75) is 12.5 Å². The van der Waals surface area contributed by atoms with Crippen LogP contribution in [0, 0.1) is 0 Å². The van der Waals surface area contributed by atoms with E-state index in [0.29, 0.717) is 11.3 Å². The van der Waals surface area contributed by atoms with E-state index in [1.54, 1.807) is 18.2 Å². The molecule has 1 atom stereocenters. The summed E-state index contributed by atoms with van der Waals surface area (Å²) in [4.78, 5) is 10.8. The van der Waals surface area contributed by atoms with Gasteiger partial charge in [0.25, 0.3) is 0 Å². The number of hydrogen-bond acceptors (Lipinski definition) is 4. The first-order valence-electron chi connectivity index (χ1n) is 4.70. The minimum Gasteiger partial charge on any atom is -0.504 e. The van der Waals surface area contributed by atoms with Crippen LogP contribution in [0.1, 0.15) is 5.56 Å². The van der Waals surface area contributed by atoms with Crippen LogP contribution in [0.25, 0.3) is 0 Å². The van der Waals surface area contributed by atoms with Gasteiger partial charge in [0.1, 0.15) is 0 Å². The number of benzene rings is 1. The molecule has 16 heavy (non-hydrogen) atoms. The fraction of sp³-hybridized carbons (Fsp3) is 0.364. The van der Waals surface area contributed by atoms with Crippen molar-refractivity contribution >= 4 is 5.97 Å². The molecule has 5 heteroatoms. The molecular formula is C11H14O5. The highest BCUT2D eigenvalue weighted by molar-refractivity contribution is 5.73. The highest BCUT2D eigenvalue weighted by Crippen LogP contribution is 2.30. The number of para-hydroxylation sites is 1. The van der Waals surface area contributed by atoms with E-state index < -0.39 is 12.1 Å². The SMILES string of the molecule is COc1cccc(CC(OC)C(=O)O)c1O. The predicted molar refractivity (Wildman–Crippen MR) is 56.8 cm³/mol. The molecule has 88 valence electrons. The second-order valence-corrected chi connectivity index (χ2v) is 3.23. The number of ether oxygens (including phenoxy) is 2. The summed E-state index contributed by atoms with van der Waals surface area (Å²) >= 11 is 0. The molecule has 0 aromatic heterocycles. The molecule has 1 rings (SSSR count). The summed E-state index contributed by atoms with van der Waals surface area (Å²) in [5.74, 6) is -0.796. The zero-order valence-corrected chi connectivity index (χ0v) is 9.14. The molecular weight excluding hydrogens is 212 g/mol. The van der Waals surface area contributed by atoms with E-state index in [9.17, 15) is 9.90 Å². The van der Waals surface area contributed by atoms with E-state index in [2.05, 4.69) is 0 Å². The maximum Gasteiger partial charge on any atom is 0.333 e. The second kappa shape index (κ2) is 5.37. The molecule has 0 spiro atoms. The van der Waals surface area contributed by atoms with E-state index in [4.69, 9.17) is 14.6 Å². The average molecular weight is 226 g/mol. The minimum atomic E-state index is -1.07. The number of aromatic hydroxyl groups is 1. The Hall–Kier alpha value is -1.75. The number of phenolic OH excluding ortho intramolecular Hbond substituents is 1. The van der Waals surface area contributed by atoms with Gasteiger partial charge in [0.05, 0.1) is 7.11 Å². The molecule has 0 amide bonds. The summed E-state index contributed by atoms with van der Waals surface area (Å²) in [6, 6.07) is 4.91. The number of carboxylic acids is 1. The maximum atomic E-state index is 10.8. The van der Waals surface area contributed by atoms with Gasteiger partial charge in [0, 0.05) is 19.1 Å². The number of carboxylic acid groups (broad SMARTS) is 1. The first kappa shape index (κ1) is 12.3. The summed E-state index contributed by atoms with van der Waals surface area (Å²) in [5, 5.41) is 18.6. The molecule has 2 N–H and O–H groups in total. The number of aliphatic carboxylic acids is 1. The van der Waals surface area contributed by atoms with Gasteiger partial charge in [0.2, 0.25) is 0 Å². The van der Waals surface area contributed by atoms with Crippen LogP contribution >= 0.6 is 0 Å². The molecule has 0 radical (unpaired) electrons. The molecule has 0 heterocycles. The van der Waals surface area contributed by atoms with Gasteiger partial charge in [0.15, 0.2) is 17.6 Å². The molecule has 5 nitrogen and oxygen atoms in total. The van der Waals surface area contributed by atoms with Crippen LogP contribution in [0.3, 0.4) is 0 Å². The monoisotopic (exact) mass is 226 g/mol. The molecule has 1 aromatic carbocycles. The van der Waals surface area contributed by atoms with Gasteiger partial charge in [-0.3, -0.25) is 0 Å². The Morgan fingerprint density at radius 2 is 2.12 bits per heavy atom. The Kier molecular flexibility index (Phi) is 4.13. The topological polar surface area (TPSA) is 76.0 Å². The van der Waals surface area contributed by atoms with Gasteiger partial charge < -0.3 is 19.7 Å². The van der Waals surface area contributed by atoms with Crippen LogP contribution in [0.15, 0.2) is 18.2 Å². The first-order chi connectivity index (χ1) is 7.60. The standard InChI is InChI=1S/C11H14O5/c1-15-8-5-3-4-7(10(8)12)6-9(16-2)11(13)14/h3-5,9,12H,6H2,1-2H3,(H,13,14). The third-order valence-electron chi connectivity index (χ3n) is 2.27. The predicted octanol–water partition coefficient (Wildman–Crippen LogP) is 1.04. The fourth-order valence-corrected chi connectivity index (χ4v) is 1.37. The lowest BCUT2D eigenvalue weighted by molar-refractivity contribution is -0.148. The third-order valence-corrected chi connectivity index (χ3v) is 2.27. The van der Waals surface area contributed by atoms with Gasteiger partial charge in [-0.05, 0) is 6.07 Å². The minimum absolute atomic E-state index is 0.0479. The lowest BCUT2D eigenvalue weighted by Gasteiger charge is -2.12. The van der Waals surface area contributed by atoms with Crippen molar-refractivity contribution < 1.29 is 24.5 Å². The van der Waals surface area contributed by atoms with Crippen molar-refractivity contribution in [3.63, 3.8) is 0 Å². The van der Waals surface area contributed by atoms with Crippen LogP contribution in [0.2, 0.25) is 0 Å². The van der Waals surface area contributed by atoms with Crippen molar-refractivity contribution in [3.05, 3.63) is 23.8 Å². The number of carbonyl (C=O) groups is 1. The molecule has 0 saturated carbocycles. The molecule has 1 unspecified atom stereocenters. The van der Waals surface area contributed by atoms with Crippen LogP contribution in [-0.4, -0.2) is 36.5 Å². The van der Waals surface area contributed by atoms with Gasteiger partial charge in [-0.25, -0.2) is 4.79 Å². The Morgan fingerprint density at radius 3 is 2.62 bits per heavy atom. The smallest absolute Gasteiger partial charge is 0.333 e. The summed E-state index contributed by atoms with van der Waals surface area (Å²) < 4.78 is 9.72. The fourth-order valence-electron chi connectivity index (χ4n) is 1.37. The van der Waals surface area contributed by atoms with Crippen molar-refractivity contribution in [2.24, 2.45) is 0 Å². The van der Waals surface area contributed by atoms with E-state index in [1.165, 1.54) is 14.2 Å². The largest absolute Gasteiger partial charge is 0.504 e. The number of hydrogen-bond donors (Lipinski definition) is 2.